The van der Waals surface area contributed by atoms with Gasteiger partial charge in [0.1, 0.15) is 0 Å². The van der Waals surface area contributed by atoms with Gasteiger partial charge in [-0.1, -0.05) is 44.2 Å². The standard InChI is InChI=1S/C16H20/c1-5-11(2)16-10-14-8-6-7-9-15(14)12(3)13(16)4/h6-11H,5H2,1-4H3. The molecule has 0 aromatic heterocycles. The second kappa shape index (κ2) is 4.29. The van der Waals surface area contributed by atoms with Gasteiger partial charge in [0.2, 0.25) is 0 Å². The maximum atomic E-state index is 2.37. The van der Waals surface area contributed by atoms with Crippen LogP contribution >= 0.6 is 0 Å². The van der Waals surface area contributed by atoms with Gasteiger partial charge >= 0.3 is 0 Å². The van der Waals surface area contributed by atoms with Crippen molar-refractivity contribution in [1.82, 2.24) is 0 Å². The summed E-state index contributed by atoms with van der Waals surface area (Å²) < 4.78 is 0. The van der Waals surface area contributed by atoms with E-state index in [0.717, 1.165) is 0 Å². The van der Waals surface area contributed by atoms with E-state index in [1.807, 2.05) is 0 Å². The Hall–Kier alpha value is -1.30. The summed E-state index contributed by atoms with van der Waals surface area (Å²) in [5.41, 5.74) is 4.42. The van der Waals surface area contributed by atoms with Gasteiger partial charge in [0.05, 0.1) is 0 Å². The largest absolute Gasteiger partial charge is 0.0648 e. The zero-order valence-electron chi connectivity index (χ0n) is 10.7. The Morgan fingerprint density at radius 1 is 1.06 bits per heavy atom. The van der Waals surface area contributed by atoms with E-state index in [9.17, 15) is 0 Å². The van der Waals surface area contributed by atoms with Gasteiger partial charge in [-0.3, -0.25) is 0 Å². The lowest BCUT2D eigenvalue weighted by Crippen LogP contribution is -1.98. The molecule has 0 saturated heterocycles. The Labute approximate surface area is 98.3 Å². The zero-order valence-corrected chi connectivity index (χ0v) is 10.7. The third-order valence-corrected chi connectivity index (χ3v) is 3.81. The number of benzene rings is 2. The predicted molar refractivity (Wildman–Crippen MR) is 72.1 cm³/mol. The summed E-state index contributed by atoms with van der Waals surface area (Å²) in [6, 6.07) is 11.0. The molecule has 2 rings (SSSR count). The molecule has 0 bridgehead atoms. The number of rotatable bonds is 2. The molecule has 1 unspecified atom stereocenters. The van der Waals surface area contributed by atoms with Gasteiger partial charge in [-0.2, -0.15) is 0 Å². The van der Waals surface area contributed by atoms with Gasteiger partial charge in [-0.25, -0.2) is 0 Å². The summed E-state index contributed by atoms with van der Waals surface area (Å²) >= 11 is 0. The molecule has 0 N–H and O–H groups in total. The summed E-state index contributed by atoms with van der Waals surface area (Å²) in [7, 11) is 0. The predicted octanol–water partition coefficient (Wildman–Crippen LogP) is 4.97. The van der Waals surface area contributed by atoms with Crippen LogP contribution in [0.3, 0.4) is 0 Å². The van der Waals surface area contributed by atoms with Crippen molar-refractivity contribution in [2.24, 2.45) is 0 Å². The van der Waals surface area contributed by atoms with Crippen LogP contribution in [0.25, 0.3) is 10.8 Å². The van der Waals surface area contributed by atoms with Crippen molar-refractivity contribution in [3.63, 3.8) is 0 Å². The fraction of sp³-hybridized carbons (Fsp3) is 0.375. The summed E-state index contributed by atoms with van der Waals surface area (Å²) in [4.78, 5) is 0. The van der Waals surface area contributed by atoms with Crippen molar-refractivity contribution in [1.29, 1.82) is 0 Å². The van der Waals surface area contributed by atoms with Gasteiger partial charge in [-0.15, -0.1) is 0 Å². The van der Waals surface area contributed by atoms with Crippen molar-refractivity contribution < 1.29 is 0 Å². The average Bonchev–Trinajstić information content (AvgIpc) is 2.33. The highest BCUT2D eigenvalue weighted by Crippen LogP contribution is 2.30. The minimum absolute atomic E-state index is 0.656. The topological polar surface area (TPSA) is 0 Å². The van der Waals surface area contributed by atoms with E-state index >= 15 is 0 Å². The van der Waals surface area contributed by atoms with Crippen LogP contribution in [0.5, 0.6) is 0 Å². The first-order chi connectivity index (χ1) is 7.65. The molecule has 16 heavy (non-hydrogen) atoms. The molecule has 1 atom stereocenters. The molecule has 0 saturated carbocycles. The van der Waals surface area contributed by atoms with Crippen LogP contribution in [-0.2, 0) is 0 Å². The highest BCUT2D eigenvalue weighted by molar-refractivity contribution is 5.87. The molecule has 2 aromatic rings. The van der Waals surface area contributed by atoms with E-state index < -0.39 is 0 Å². The van der Waals surface area contributed by atoms with Crippen LogP contribution in [0.1, 0.15) is 42.9 Å². The molecule has 0 fully saturated rings. The molecular weight excluding hydrogens is 192 g/mol. The van der Waals surface area contributed by atoms with Crippen molar-refractivity contribution in [2.45, 2.75) is 40.0 Å². The molecular formula is C16H20. The lowest BCUT2D eigenvalue weighted by molar-refractivity contribution is 0.728. The summed E-state index contributed by atoms with van der Waals surface area (Å²) in [6.45, 7) is 9.07. The van der Waals surface area contributed by atoms with Crippen molar-refractivity contribution >= 4 is 10.8 Å². The first-order valence-corrected chi connectivity index (χ1v) is 6.14. The Morgan fingerprint density at radius 2 is 1.75 bits per heavy atom. The van der Waals surface area contributed by atoms with E-state index in [2.05, 4.69) is 58.0 Å². The highest BCUT2D eigenvalue weighted by Gasteiger charge is 2.10. The second-order valence-corrected chi connectivity index (χ2v) is 4.75. The van der Waals surface area contributed by atoms with E-state index in [1.54, 1.807) is 0 Å². The molecule has 0 aliphatic rings. The maximum absolute atomic E-state index is 2.37. The van der Waals surface area contributed by atoms with Crippen LogP contribution < -0.4 is 0 Å². The zero-order chi connectivity index (χ0) is 11.7. The van der Waals surface area contributed by atoms with E-state index in [-0.39, 0.29) is 0 Å². The smallest absolute Gasteiger partial charge is 0.0152 e. The first kappa shape index (κ1) is 11.2. The quantitative estimate of drug-likeness (QED) is 0.659. The second-order valence-electron chi connectivity index (χ2n) is 4.75. The summed E-state index contributed by atoms with van der Waals surface area (Å²) in [6.07, 6.45) is 1.21. The molecule has 0 nitrogen and oxygen atoms in total. The fourth-order valence-electron chi connectivity index (χ4n) is 2.39. The molecule has 0 heteroatoms. The van der Waals surface area contributed by atoms with Gasteiger partial charge in [0, 0.05) is 0 Å². The van der Waals surface area contributed by atoms with Gasteiger partial charge in [-0.05, 0) is 53.6 Å². The Bertz CT molecular complexity index is 509. The average molecular weight is 212 g/mol. The molecule has 2 aromatic carbocycles. The Balaban J connectivity index is 2.73. The molecule has 0 aliphatic heterocycles. The number of hydrogen-bond donors (Lipinski definition) is 0. The molecule has 0 heterocycles. The highest BCUT2D eigenvalue weighted by atomic mass is 14.2. The van der Waals surface area contributed by atoms with Crippen LogP contribution in [0.2, 0.25) is 0 Å². The van der Waals surface area contributed by atoms with E-state index in [4.69, 9.17) is 0 Å². The number of fused-ring (bicyclic) bond motifs is 1. The van der Waals surface area contributed by atoms with Crippen LogP contribution in [0.4, 0.5) is 0 Å². The molecule has 0 amide bonds. The normalized spacial score (nSPS) is 13.0. The monoisotopic (exact) mass is 212 g/mol. The van der Waals surface area contributed by atoms with Crippen molar-refractivity contribution in [2.75, 3.05) is 0 Å². The fourth-order valence-corrected chi connectivity index (χ4v) is 2.39. The maximum Gasteiger partial charge on any atom is -0.0152 e. The third kappa shape index (κ3) is 1.73. The summed E-state index contributed by atoms with van der Waals surface area (Å²) in [5, 5.41) is 2.77. The van der Waals surface area contributed by atoms with Gasteiger partial charge in [0.15, 0.2) is 0 Å². The van der Waals surface area contributed by atoms with Crippen LogP contribution in [-0.4, -0.2) is 0 Å². The van der Waals surface area contributed by atoms with Crippen molar-refractivity contribution in [3.8, 4) is 0 Å². The van der Waals surface area contributed by atoms with Gasteiger partial charge < -0.3 is 0 Å². The van der Waals surface area contributed by atoms with Crippen molar-refractivity contribution in [3.05, 3.63) is 47.0 Å². The SMILES string of the molecule is CCC(C)c1cc2ccccc2c(C)c1C. The summed E-state index contributed by atoms with van der Waals surface area (Å²) in [5.74, 6) is 0.656. The van der Waals surface area contributed by atoms with Crippen LogP contribution in [0, 0.1) is 13.8 Å². The minimum atomic E-state index is 0.656. The Morgan fingerprint density at radius 3 is 2.44 bits per heavy atom. The number of hydrogen-bond acceptors (Lipinski definition) is 0. The molecule has 0 aliphatic carbocycles. The van der Waals surface area contributed by atoms with E-state index in [0.29, 0.717) is 5.92 Å². The molecule has 0 spiro atoms. The lowest BCUT2D eigenvalue weighted by Gasteiger charge is -2.17. The molecule has 0 radical (unpaired) electrons. The minimum Gasteiger partial charge on any atom is -0.0648 e. The van der Waals surface area contributed by atoms with Crippen LogP contribution in [0.15, 0.2) is 30.3 Å². The van der Waals surface area contributed by atoms with E-state index in [1.165, 1.54) is 33.9 Å². The third-order valence-electron chi connectivity index (χ3n) is 3.81. The molecule has 84 valence electrons. The van der Waals surface area contributed by atoms with Gasteiger partial charge in [0.25, 0.3) is 0 Å². The first-order valence-electron chi connectivity index (χ1n) is 6.14. The number of aryl methyl sites for hydroxylation is 1. The Kier molecular flexibility index (Phi) is 3.00. The lowest BCUT2D eigenvalue weighted by atomic mass is 9.88.